The molecule has 0 aliphatic heterocycles. The molecule has 146 valence electrons. The van der Waals surface area contributed by atoms with Crippen molar-refractivity contribution < 1.29 is 23.5 Å². The molecule has 5 N–H and O–H groups in total. The van der Waals surface area contributed by atoms with Crippen molar-refractivity contribution in [3.63, 3.8) is 0 Å². The van der Waals surface area contributed by atoms with Crippen molar-refractivity contribution in [1.82, 2.24) is 24.4 Å². The van der Waals surface area contributed by atoms with Crippen LogP contribution < -0.4 is 11.1 Å². The number of nitrogens with two attached hydrogens (primary N) is 1. The zero-order valence-electron chi connectivity index (χ0n) is 14.5. The van der Waals surface area contributed by atoms with E-state index < -0.39 is 26.7 Å². The fourth-order valence-corrected chi connectivity index (χ4v) is 2.59. The molecule has 0 spiro atoms. The highest BCUT2D eigenvalue weighted by molar-refractivity contribution is 7.51. The Bertz CT molecular complexity index is 781. The van der Waals surface area contributed by atoms with Gasteiger partial charge in [0, 0.05) is 13.1 Å². The van der Waals surface area contributed by atoms with Gasteiger partial charge in [0.15, 0.2) is 17.0 Å². The lowest BCUT2D eigenvalue weighted by molar-refractivity contribution is 0.0445. The molecule has 0 saturated carbocycles. The molecule has 2 aromatic heterocycles. The van der Waals surface area contributed by atoms with Crippen LogP contribution in [-0.2, 0) is 15.8 Å². The Morgan fingerprint density at radius 2 is 2.19 bits per heavy atom. The Balaban J connectivity index is 2.18. The largest absolute Gasteiger partial charge is 0.368 e. The van der Waals surface area contributed by atoms with Gasteiger partial charge in [0.05, 0.1) is 12.9 Å². The van der Waals surface area contributed by atoms with Gasteiger partial charge in [-0.2, -0.15) is 9.97 Å². The number of hydrogen-bond acceptors (Lipinski definition) is 8. The van der Waals surface area contributed by atoms with Crippen molar-refractivity contribution in [3.8, 4) is 0 Å². The van der Waals surface area contributed by atoms with Crippen LogP contribution in [0.2, 0.25) is 0 Å². The molecule has 0 bridgehead atoms. The number of nitrogens with zero attached hydrogens (tertiary/aromatic N) is 5. The number of anilines is 2. The number of imidazole rings is 1. The average molecular weight is 391 g/mol. The lowest BCUT2D eigenvalue weighted by Crippen LogP contribution is -2.23. The molecular weight excluding hydrogens is 368 g/mol. The van der Waals surface area contributed by atoms with Crippen molar-refractivity contribution in [2.45, 2.75) is 12.6 Å². The second kappa shape index (κ2) is 8.69. The van der Waals surface area contributed by atoms with Crippen LogP contribution in [0.25, 0.3) is 11.2 Å². The fourth-order valence-electron chi connectivity index (χ4n) is 2.18. The monoisotopic (exact) mass is 391 g/mol. The zero-order chi connectivity index (χ0) is 19.3. The first-order valence-corrected chi connectivity index (χ1v) is 9.58. The highest BCUT2D eigenvalue weighted by atomic mass is 31.2. The van der Waals surface area contributed by atoms with Gasteiger partial charge in [-0.3, -0.25) is 4.57 Å². The number of hydrogen-bond donors (Lipinski definition) is 4. The Labute approximate surface area is 149 Å². The number of nitrogen functional groups attached to an aromatic ring is 1. The number of likely N-dealkylation sites (N-methyl/N-ethyl adjacent to an activating group) is 1. The maximum absolute atomic E-state index is 13.1. The third-order valence-corrected chi connectivity index (χ3v) is 3.87. The summed E-state index contributed by atoms with van der Waals surface area (Å²) in [6.07, 6.45) is -0.483. The lowest BCUT2D eigenvalue weighted by Gasteiger charge is -2.16. The Hall–Kier alpha value is -1.85. The molecule has 1 atom stereocenters. The maximum atomic E-state index is 13.1. The second-order valence-electron chi connectivity index (χ2n) is 5.97. The smallest absolute Gasteiger partial charge is 0.350 e. The first-order valence-electron chi connectivity index (χ1n) is 7.78. The minimum atomic E-state index is -4.38. The molecule has 0 aliphatic carbocycles. The SMILES string of the molecule is CN(C)CCNc1nc(N)nc2c1ncn2C[C@@H](CF)OCP(=O)(O)O. The van der Waals surface area contributed by atoms with E-state index in [1.807, 2.05) is 19.0 Å². The fraction of sp³-hybridized carbons (Fsp3) is 0.615. The van der Waals surface area contributed by atoms with Crippen LogP contribution in [-0.4, -0.2) is 80.5 Å². The summed E-state index contributed by atoms with van der Waals surface area (Å²) in [4.78, 5) is 32.2. The molecule has 0 fully saturated rings. The van der Waals surface area contributed by atoms with Gasteiger partial charge >= 0.3 is 7.60 Å². The van der Waals surface area contributed by atoms with Gasteiger partial charge in [-0.15, -0.1) is 0 Å². The van der Waals surface area contributed by atoms with Crippen LogP contribution in [0.5, 0.6) is 0 Å². The molecular formula is C13H23FN7O4P. The summed E-state index contributed by atoms with van der Waals surface area (Å²) in [5.41, 5.74) is 6.58. The third-order valence-electron chi connectivity index (χ3n) is 3.38. The summed E-state index contributed by atoms with van der Waals surface area (Å²) in [6.45, 7) is 0.435. The van der Waals surface area contributed by atoms with Crippen LogP contribution in [0, 0.1) is 0 Å². The standard InChI is InChI=1S/C13H23FN7O4P/c1-20(2)4-3-16-11-10-12(19-13(15)18-11)21(7-17-10)6-9(5-14)25-8-26(22,23)24/h7,9H,3-6,8H2,1-2H3,(H2,22,23,24)(H3,15,16,18,19)/t9-/m1/s1. The van der Waals surface area contributed by atoms with Gasteiger partial charge in [0.1, 0.15) is 19.1 Å². The minimum absolute atomic E-state index is 0.0272. The molecule has 0 unspecified atom stereocenters. The third kappa shape index (κ3) is 5.85. The first-order chi connectivity index (χ1) is 12.2. The van der Waals surface area contributed by atoms with E-state index >= 15 is 0 Å². The molecule has 2 rings (SSSR count). The maximum Gasteiger partial charge on any atom is 0.350 e. The van der Waals surface area contributed by atoms with Crippen LogP contribution in [0.4, 0.5) is 16.2 Å². The Morgan fingerprint density at radius 1 is 1.46 bits per heavy atom. The van der Waals surface area contributed by atoms with Gasteiger partial charge < -0.3 is 35.0 Å². The summed E-state index contributed by atoms with van der Waals surface area (Å²) in [5.74, 6) is 0.487. The molecule has 2 aromatic rings. The van der Waals surface area contributed by atoms with Crippen LogP contribution in [0.1, 0.15) is 0 Å². The highest BCUT2D eigenvalue weighted by Crippen LogP contribution is 2.34. The molecule has 0 aliphatic rings. The Kier molecular flexibility index (Phi) is 6.84. The summed E-state index contributed by atoms with van der Waals surface area (Å²) < 4.78 is 30.5. The highest BCUT2D eigenvalue weighted by Gasteiger charge is 2.20. The number of rotatable bonds is 10. The van der Waals surface area contributed by atoms with Crippen LogP contribution in [0.15, 0.2) is 6.33 Å². The van der Waals surface area contributed by atoms with Crippen molar-refractivity contribution in [2.24, 2.45) is 0 Å². The molecule has 2 heterocycles. The summed E-state index contributed by atoms with van der Waals surface area (Å²) in [6, 6.07) is 0. The van der Waals surface area contributed by atoms with E-state index in [4.69, 9.17) is 20.3 Å². The van der Waals surface area contributed by atoms with Gasteiger partial charge in [-0.25, -0.2) is 9.37 Å². The second-order valence-corrected chi connectivity index (χ2v) is 7.55. The minimum Gasteiger partial charge on any atom is -0.368 e. The van der Waals surface area contributed by atoms with E-state index in [0.29, 0.717) is 23.5 Å². The van der Waals surface area contributed by atoms with Crippen molar-refractivity contribution in [2.75, 3.05) is 51.3 Å². The summed E-state index contributed by atoms with van der Waals surface area (Å²) >= 11 is 0. The normalized spacial score (nSPS) is 13.5. The van der Waals surface area contributed by atoms with Gasteiger partial charge in [0.2, 0.25) is 5.95 Å². The quantitative estimate of drug-likeness (QED) is 0.403. The topological polar surface area (TPSA) is 152 Å². The number of aromatic nitrogens is 4. The van der Waals surface area contributed by atoms with E-state index in [2.05, 4.69) is 20.3 Å². The predicted octanol–water partition coefficient (Wildman–Crippen LogP) is -0.128. The van der Waals surface area contributed by atoms with Gasteiger partial charge in [-0.05, 0) is 14.1 Å². The molecule has 11 nitrogen and oxygen atoms in total. The molecule has 26 heavy (non-hydrogen) atoms. The molecule has 0 aromatic carbocycles. The van der Waals surface area contributed by atoms with Crippen LogP contribution >= 0.6 is 7.60 Å². The van der Waals surface area contributed by atoms with E-state index in [1.165, 1.54) is 10.9 Å². The van der Waals surface area contributed by atoms with Gasteiger partial charge in [0.25, 0.3) is 0 Å². The van der Waals surface area contributed by atoms with Crippen molar-refractivity contribution in [3.05, 3.63) is 6.33 Å². The van der Waals surface area contributed by atoms with E-state index in [0.717, 1.165) is 6.54 Å². The van der Waals surface area contributed by atoms with E-state index in [1.54, 1.807) is 0 Å². The van der Waals surface area contributed by atoms with E-state index in [9.17, 15) is 8.96 Å². The average Bonchev–Trinajstić information content (AvgIpc) is 2.92. The number of nitrogens with one attached hydrogen (secondary N) is 1. The molecule has 0 radical (unpaired) electrons. The van der Waals surface area contributed by atoms with E-state index in [-0.39, 0.29) is 12.5 Å². The zero-order valence-corrected chi connectivity index (χ0v) is 15.4. The van der Waals surface area contributed by atoms with Crippen molar-refractivity contribution in [1.29, 1.82) is 0 Å². The van der Waals surface area contributed by atoms with Gasteiger partial charge in [-0.1, -0.05) is 0 Å². The summed E-state index contributed by atoms with van der Waals surface area (Å²) in [7, 11) is -0.502. The first kappa shape index (κ1) is 20.5. The molecule has 0 amide bonds. The Morgan fingerprint density at radius 3 is 2.81 bits per heavy atom. The number of fused-ring (bicyclic) bond motifs is 1. The van der Waals surface area contributed by atoms with Crippen LogP contribution in [0.3, 0.4) is 0 Å². The molecule has 0 saturated heterocycles. The number of ether oxygens (including phenoxy) is 1. The lowest BCUT2D eigenvalue weighted by atomic mass is 10.4. The molecule has 13 heteroatoms. The number of halogens is 1. The van der Waals surface area contributed by atoms with Crippen molar-refractivity contribution >= 4 is 30.5 Å². The number of alkyl halides is 1. The summed E-state index contributed by atoms with van der Waals surface area (Å²) in [5, 5.41) is 3.13. The predicted molar refractivity (Wildman–Crippen MR) is 94.5 cm³/mol.